The summed E-state index contributed by atoms with van der Waals surface area (Å²) in [6.07, 6.45) is -9.69. The van der Waals surface area contributed by atoms with Crippen LogP contribution in [0, 0.1) is 0 Å². The Bertz CT molecular complexity index is 340. The molecule has 4 atom stereocenters. The van der Waals surface area contributed by atoms with Crippen LogP contribution in [0.3, 0.4) is 0 Å². The van der Waals surface area contributed by atoms with Gasteiger partial charge in [0.05, 0.1) is 0 Å². The van der Waals surface area contributed by atoms with Crippen molar-refractivity contribution in [1.82, 2.24) is 0 Å². The number of aliphatic hydroxyl groups excluding tert-OH is 4. The number of carboxylic acids is 1. The second kappa shape index (κ2) is 6.21. The molecule has 0 heterocycles. The first-order valence-electron chi connectivity index (χ1n) is 3.83. The van der Waals surface area contributed by atoms with Gasteiger partial charge in [-0.3, -0.25) is 0 Å². The van der Waals surface area contributed by atoms with Crippen molar-refractivity contribution in [3.05, 3.63) is 0 Å². The molecule has 0 aliphatic rings. The molecule has 0 amide bonds. The number of carbonyl (C=O) groups is 2. The van der Waals surface area contributed by atoms with Crippen molar-refractivity contribution in [3.63, 3.8) is 0 Å². The fraction of sp³-hybridized carbons (Fsp3) is 0.667. The van der Waals surface area contributed by atoms with Gasteiger partial charge in [-0.1, -0.05) is 0 Å². The standard InChI is InChI=1S/C6H9O7.2O.Sb/c7-1-2(8)3(9)4(10)5(11)6(12)13;;;/h2-5,8-11H,(H,12,13);;;/t2-,3+,4-,5-;;;/m0.../s1. The molecule has 0 rings (SSSR count). The molecular weight excluding hydrogens is 338 g/mol. The molecule has 0 saturated carbocycles. The molecule has 0 aliphatic carbocycles. The van der Waals surface area contributed by atoms with E-state index in [1.807, 2.05) is 0 Å². The summed E-state index contributed by atoms with van der Waals surface area (Å²) in [5, 5.41) is 43.9. The SMILES string of the molecule is O=C(O)[C@@H](O)[C@@H](O)[C@H](O)[C@@H](O)[C](=O)[Sb](=[O])=[O]. The summed E-state index contributed by atoms with van der Waals surface area (Å²) in [6, 6.07) is 0. The summed E-state index contributed by atoms with van der Waals surface area (Å²) in [5.41, 5.74) is 0. The number of hydrogen-bond donors (Lipinski definition) is 5. The predicted octanol–water partition coefficient (Wildman–Crippen LogP) is -4.03. The van der Waals surface area contributed by atoms with Crippen molar-refractivity contribution in [3.8, 4) is 0 Å². The Kier molecular flexibility index (Phi) is 5.98. The average molecular weight is 347 g/mol. The van der Waals surface area contributed by atoms with Gasteiger partial charge in [0, 0.05) is 0 Å². The van der Waals surface area contributed by atoms with E-state index < -0.39 is 54.3 Å². The Balaban J connectivity index is 4.73. The van der Waals surface area contributed by atoms with E-state index in [1.165, 1.54) is 0 Å². The summed E-state index contributed by atoms with van der Waals surface area (Å²) < 4.78 is 18.8. The number of carboxylic acid groups (broad SMARTS) is 1. The van der Waals surface area contributed by atoms with Gasteiger partial charge in [0.25, 0.3) is 0 Å². The molecule has 0 bridgehead atoms. The third kappa shape index (κ3) is 3.76. The van der Waals surface area contributed by atoms with Gasteiger partial charge in [0.1, 0.15) is 0 Å². The van der Waals surface area contributed by atoms with E-state index in [1.54, 1.807) is 0 Å². The molecule has 0 saturated heterocycles. The van der Waals surface area contributed by atoms with Gasteiger partial charge in [-0.2, -0.15) is 0 Å². The Labute approximate surface area is 95.7 Å². The van der Waals surface area contributed by atoms with E-state index in [4.69, 9.17) is 25.5 Å². The van der Waals surface area contributed by atoms with Gasteiger partial charge in [0.15, 0.2) is 0 Å². The van der Waals surface area contributed by atoms with Crippen LogP contribution in [0.2, 0.25) is 0 Å². The molecule has 0 unspecified atom stereocenters. The molecular formula is C6H9O9Sb. The second-order valence-electron chi connectivity index (χ2n) is 2.80. The summed E-state index contributed by atoms with van der Waals surface area (Å²) in [6.45, 7) is 0. The average Bonchev–Trinajstić information content (AvgIpc) is 2.23. The van der Waals surface area contributed by atoms with E-state index in [0.29, 0.717) is 0 Å². The number of rotatable bonds is 6. The second-order valence-corrected chi connectivity index (χ2v) is 5.53. The summed E-state index contributed by atoms with van der Waals surface area (Å²) >= 11 is -4.77. The minimum absolute atomic E-state index is 1.67. The molecule has 0 spiro atoms. The minimum atomic E-state index is -4.77. The quantitative estimate of drug-likeness (QED) is 0.300. The first kappa shape index (κ1) is 15.4. The van der Waals surface area contributed by atoms with Crippen molar-refractivity contribution in [2.45, 2.75) is 24.4 Å². The van der Waals surface area contributed by atoms with Crippen molar-refractivity contribution < 1.29 is 41.2 Å². The predicted molar refractivity (Wildman–Crippen MR) is 43.8 cm³/mol. The van der Waals surface area contributed by atoms with E-state index in [0.717, 1.165) is 0 Å². The zero-order valence-corrected chi connectivity index (χ0v) is 10.2. The maximum absolute atomic E-state index is 10.7. The molecule has 92 valence electrons. The van der Waals surface area contributed by atoms with Gasteiger partial charge in [-0.25, -0.2) is 0 Å². The van der Waals surface area contributed by atoms with Crippen molar-refractivity contribution in [2.75, 3.05) is 0 Å². The molecule has 5 N–H and O–H groups in total. The molecule has 0 aromatic heterocycles. The van der Waals surface area contributed by atoms with E-state index >= 15 is 0 Å². The number of aliphatic hydroxyl groups is 4. The summed E-state index contributed by atoms with van der Waals surface area (Å²) in [4.78, 5) is 20.9. The van der Waals surface area contributed by atoms with Crippen LogP contribution < -0.4 is 0 Å². The Hall–Kier alpha value is -0.602. The fourth-order valence-corrected chi connectivity index (χ4v) is 1.83. The maximum atomic E-state index is 10.7. The van der Waals surface area contributed by atoms with Crippen molar-refractivity contribution >= 4 is 29.9 Å². The number of carbonyl (C=O) groups excluding carboxylic acids is 1. The van der Waals surface area contributed by atoms with Gasteiger partial charge in [-0.05, 0) is 0 Å². The zero-order valence-electron chi connectivity index (χ0n) is 7.63. The normalized spacial score (nSPS) is 18.2. The van der Waals surface area contributed by atoms with Gasteiger partial charge < -0.3 is 0 Å². The monoisotopic (exact) mass is 346 g/mol. The first-order chi connectivity index (χ1) is 7.20. The fourth-order valence-electron chi connectivity index (χ4n) is 0.774. The molecule has 16 heavy (non-hydrogen) atoms. The van der Waals surface area contributed by atoms with Gasteiger partial charge >= 0.3 is 95.5 Å². The van der Waals surface area contributed by atoms with Crippen LogP contribution in [-0.4, -0.2) is 79.8 Å². The summed E-state index contributed by atoms with van der Waals surface area (Å²) in [5.74, 6) is -1.90. The third-order valence-corrected chi connectivity index (χ3v) is 3.47. The van der Waals surface area contributed by atoms with E-state index in [2.05, 4.69) is 0 Å². The van der Waals surface area contributed by atoms with Crippen LogP contribution in [0.4, 0.5) is 0 Å². The number of aliphatic carboxylic acids is 1. The molecule has 0 aromatic rings. The number of hydrogen-bond acceptors (Lipinski definition) is 8. The zero-order chi connectivity index (χ0) is 13.0. The van der Waals surface area contributed by atoms with Gasteiger partial charge in [-0.15, -0.1) is 0 Å². The Morgan fingerprint density at radius 3 is 1.56 bits per heavy atom. The van der Waals surface area contributed by atoms with E-state index in [9.17, 15) is 15.6 Å². The van der Waals surface area contributed by atoms with E-state index in [-0.39, 0.29) is 0 Å². The summed E-state index contributed by atoms with van der Waals surface area (Å²) in [7, 11) is 0. The van der Waals surface area contributed by atoms with Crippen LogP contribution in [-0.2, 0) is 15.6 Å². The first-order valence-corrected chi connectivity index (χ1v) is 7.19. The molecule has 9 nitrogen and oxygen atoms in total. The Morgan fingerprint density at radius 2 is 1.25 bits per heavy atom. The van der Waals surface area contributed by atoms with Gasteiger partial charge in [0.2, 0.25) is 0 Å². The van der Waals surface area contributed by atoms with Crippen LogP contribution in [0.5, 0.6) is 0 Å². The molecule has 0 radical (unpaired) electrons. The van der Waals surface area contributed by atoms with Crippen molar-refractivity contribution in [1.29, 1.82) is 0 Å². The molecule has 10 heteroatoms. The van der Waals surface area contributed by atoms with Crippen LogP contribution >= 0.6 is 0 Å². The van der Waals surface area contributed by atoms with Crippen LogP contribution in [0.25, 0.3) is 0 Å². The van der Waals surface area contributed by atoms with Crippen molar-refractivity contribution in [2.24, 2.45) is 0 Å². The molecule has 0 aromatic carbocycles. The third-order valence-electron chi connectivity index (χ3n) is 1.68. The van der Waals surface area contributed by atoms with Crippen LogP contribution in [0.15, 0.2) is 0 Å². The molecule has 0 fully saturated rings. The molecule has 0 aliphatic heterocycles. The topological polar surface area (TPSA) is 169 Å². The van der Waals surface area contributed by atoms with Crippen LogP contribution in [0.1, 0.15) is 0 Å². The Morgan fingerprint density at radius 1 is 0.875 bits per heavy atom.